The van der Waals surface area contributed by atoms with Gasteiger partial charge in [0.1, 0.15) is 0 Å². The summed E-state index contributed by atoms with van der Waals surface area (Å²) in [5, 5.41) is 17.0. The zero-order valence-corrected chi connectivity index (χ0v) is 11.6. The Bertz CT molecular complexity index is 290. The van der Waals surface area contributed by atoms with Crippen LogP contribution in [0.2, 0.25) is 0 Å². The summed E-state index contributed by atoms with van der Waals surface area (Å²) in [5.41, 5.74) is 0. The van der Waals surface area contributed by atoms with E-state index < -0.39 is 5.97 Å². The van der Waals surface area contributed by atoms with E-state index in [2.05, 4.69) is 6.08 Å². The summed E-state index contributed by atoms with van der Waals surface area (Å²) >= 11 is 0. The van der Waals surface area contributed by atoms with Gasteiger partial charge < -0.3 is 10.2 Å². The molecule has 0 amide bonds. The van der Waals surface area contributed by atoms with Gasteiger partial charge in [-0.25, -0.2) is 4.79 Å². The SMILES string of the molecule is O=C(O)C=CC=CC=CCCCCCCCCCO. The highest BCUT2D eigenvalue weighted by Gasteiger charge is 1.90. The fraction of sp³-hybridized carbons (Fsp3) is 0.562. The quantitative estimate of drug-likeness (QED) is 0.320. The molecule has 0 saturated heterocycles. The zero-order valence-electron chi connectivity index (χ0n) is 11.6. The molecule has 0 aliphatic rings. The highest BCUT2D eigenvalue weighted by atomic mass is 16.4. The van der Waals surface area contributed by atoms with E-state index in [1.165, 1.54) is 38.2 Å². The molecular formula is C16H26O3. The van der Waals surface area contributed by atoms with Gasteiger partial charge in [0.05, 0.1) is 0 Å². The molecule has 0 saturated carbocycles. The molecule has 2 N–H and O–H groups in total. The molecule has 0 aromatic rings. The van der Waals surface area contributed by atoms with Gasteiger partial charge in [-0.1, -0.05) is 62.5 Å². The Morgan fingerprint density at radius 1 is 0.789 bits per heavy atom. The van der Waals surface area contributed by atoms with Crippen molar-refractivity contribution in [2.75, 3.05) is 6.61 Å². The van der Waals surface area contributed by atoms with Crippen LogP contribution in [0.5, 0.6) is 0 Å². The lowest BCUT2D eigenvalue weighted by atomic mass is 10.1. The van der Waals surface area contributed by atoms with Gasteiger partial charge in [-0.3, -0.25) is 0 Å². The number of rotatable bonds is 12. The van der Waals surface area contributed by atoms with Crippen molar-refractivity contribution in [3.8, 4) is 0 Å². The molecule has 0 rings (SSSR count). The zero-order chi connectivity index (χ0) is 14.2. The highest BCUT2D eigenvalue weighted by Crippen LogP contribution is 2.08. The number of aliphatic carboxylic acids is 1. The Morgan fingerprint density at radius 2 is 1.37 bits per heavy atom. The van der Waals surface area contributed by atoms with E-state index in [1.54, 1.807) is 6.08 Å². The number of aliphatic hydroxyl groups excluding tert-OH is 1. The monoisotopic (exact) mass is 266 g/mol. The Balaban J connectivity index is 3.27. The topological polar surface area (TPSA) is 57.5 Å². The summed E-state index contributed by atoms with van der Waals surface area (Å²) in [5.74, 6) is -0.924. The van der Waals surface area contributed by atoms with Crippen molar-refractivity contribution >= 4 is 5.97 Å². The molecule has 0 unspecified atom stereocenters. The first-order valence-electron chi connectivity index (χ1n) is 7.11. The first-order chi connectivity index (χ1) is 9.27. The predicted molar refractivity (Wildman–Crippen MR) is 79.1 cm³/mol. The van der Waals surface area contributed by atoms with Crippen LogP contribution in [-0.4, -0.2) is 22.8 Å². The second-order valence-electron chi connectivity index (χ2n) is 4.50. The molecule has 0 aliphatic heterocycles. The van der Waals surface area contributed by atoms with Gasteiger partial charge in [-0.05, 0) is 19.3 Å². The van der Waals surface area contributed by atoms with Crippen molar-refractivity contribution < 1.29 is 15.0 Å². The van der Waals surface area contributed by atoms with Crippen LogP contribution >= 0.6 is 0 Å². The molecule has 0 bridgehead atoms. The van der Waals surface area contributed by atoms with Crippen LogP contribution in [0.25, 0.3) is 0 Å². The van der Waals surface area contributed by atoms with Crippen LogP contribution in [0.4, 0.5) is 0 Å². The molecule has 3 nitrogen and oxygen atoms in total. The summed E-state index contributed by atoms with van der Waals surface area (Å²) in [6.07, 6.45) is 19.6. The maximum absolute atomic E-state index is 10.2. The van der Waals surface area contributed by atoms with E-state index in [0.29, 0.717) is 6.61 Å². The van der Waals surface area contributed by atoms with Gasteiger partial charge >= 0.3 is 5.97 Å². The number of aliphatic hydroxyl groups is 1. The molecule has 0 spiro atoms. The normalized spacial score (nSPS) is 12.1. The van der Waals surface area contributed by atoms with E-state index in [1.807, 2.05) is 12.2 Å². The van der Waals surface area contributed by atoms with E-state index >= 15 is 0 Å². The molecule has 0 heterocycles. The minimum Gasteiger partial charge on any atom is -0.478 e. The van der Waals surface area contributed by atoms with Crippen LogP contribution in [0.3, 0.4) is 0 Å². The number of hydrogen-bond acceptors (Lipinski definition) is 2. The third-order valence-corrected chi connectivity index (χ3v) is 2.74. The molecule has 108 valence electrons. The molecule has 0 aliphatic carbocycles. The van der Waals surface area contributed by atoms with Gasteiger partial charge in [-0.2, -0.15) is 0 Å². The summed E-state index contributed by atoms with van der Waals surface area (Å²) in [6.45, 7) is 0.319. The largest absolute Gasteiger partial charge is 0.478 e. The lowest BCUT2D eigenvalue weighted by Gasteiger charge is -1.99. The number of carboxylic acid groups (broad SMARTS) is 1. The molecule has 19 heavy (non-hydrogen) atoms. The van der Waals surface area contributed by atoms with Crippen LogP contribution in [0.1, 0.15) is 51.4 Å². The number of allylic oxidation sites excluding steroid dienone is 5. The molecule has 3 heteroatoms. The molecule has 0 aromatic heterocycles. The van der Waals surface area contributed by atoms with Crippen molar-refractivity contribution in [2.24, 2.45) is 0 Å². The number of unbranched alkanes of at least 4 members (excludes halogenated alkanes) is 7. The fourth-order valence-corrected chi connectivity index (χ4v) is 1.70. The Hall–Kier alpha value is -1.35. The van der Waals surface area contributed by atoms with Gasteiger partial charge in [0.15, 0.2) is 0 Å². The van der Waals surface area contributed by atoms with Gasteiger partial charge in [0.25, 0.3) is 0 Å². The van der Waals surface area contributed by atoms with Crippen molar-refractivity contribution in [1.82, 2.24) is 0 Å². The van der Waals surface area contributed by atoms with Gasteiger partial charge in [-0.15, -0.1) is 0 Å². The number of carbonyl (C=O) groups is 1. The molecule has 0 fully saturated rings. The van der Waals surface area contributed by atoms with E-state index in [9.17, 15) is 4.79 Å². The summed E-state index contributed by atoms with van der Waals surface area (Å²) in [4.78, 5) is 10.2. The second-order valence-corrected chi connectivity index (χ2v) is 4.50. The lowest BCUT2D eigenvalue weighted by molar-refractivity contribution is -0.131. The predicted octanol–water partition coefficient (Wildman–Crippen LogP) is 3.85. The standard InChI is InChI=1S/C16H26O3/c17-15-13-11-9-7-5-3-1-2-4-6-8-10-12-14-16(18)19/h4,6,8,10,12,14,17H,1-3,5,7,9,11,13,15H2,(H,18,19). The van der Waals surface area contributed by atoms with E-state index in [-0.39, 0.29) is 0 Å². The molecule has 0 radical (unpaired) electrons. The smallest absolute Gasteiger partial charge is 0.328 e. The summed E-state index contributed by atoms with van der Waals surface area (Å²) in [6, 6.07) is 0. The Morgan fingerprint density at radius 3 is 2.00 bits per heavy atom. The second kappa shape index (κ2) is 14.7. The molecule has 0 aromatic carbocycles. The maximum Gasteiger partial charge on any atom is 0.328 e. The number of carboxylic acids is 1. The van der Waals surface area contributed by atoms with Gasteiger partial charge in [0.2, 0.25) is 0 Å². The Labute approximate surface area is 116 Å². The summed E-state index contributed by atoms with van der Waals surface area (Å²) in [7, 11) is 0. The average molecular weight is 266 g/mol. The van der Waals surface area contributed by atoms with Gasteiger partial charge in [0, 0.05) is 12.7 Å². The fourth-order valence-electron chi connectivity index (χ4n) is 1.70. The molecule has 0 atom stereocenters. The summed E-state index contributed by atoms with van der Waals surface area (Å²) < 4.78 is 0. The minimum atomic E-state index is -0.924. The Kier molecular flexibility index (Phi) is 13.7. The van der Waals surface area contributed by atoms with Crippen molar-refractivity contribution in [2.45, 2.75) is 51.4 Å². The lowest BCUT2D eigenvalue weighted by Crippen LogP contribution is -1.84. The van der Waals surface area contributed by atoms with Crippen LogP contribution in [-0.2, 0) is 4.79 Å². The molecular weight excluding hydrogens is 240 g/mol. The minimum absolute atomic E-state index is 0.319. The average Bonchev–Trinajstić information content (AvgIpc) is 2.39. The highest BCUT2D eigenvalue weighted by molar-refractivity contribution is 5.80. The van der Waals surface area contributed by atoms with Crippen molar-refractivity contribution in [3.63, 3.8) is 0 Å². The third-order valence-electron chi connectivity index (χ3n) is 2.74. The maximum atomic E-state index is 10.2. The van der Waals surface area contributed by atoms with Crippen LogP contribution in [0, 0.1) is 0 Å². The van der Waals surface area contributed by atoms with Crippen molar-refractivity contribution in [1.29, 1.82) is 0 Å². The first kappa shape index (κ1) is 17.6. The first-order valence-corrected chi connectivity index (χ1v) is 7.11. The van der Waals surface area contributed by atoms with Crippen molar-refractivity contribution in [3.05, 3.63) is 36.5 Å². The van der Waals surface area contributed by atoms with E-state index in [4.69, 9.17) is 10.2 Å². The number of hydrogen-bond donors (Lipinski definition) is 2. The van der Waals surface area contributed by atoms with E-state index in [0.717, 1.165) is 25.3 Å². The van der Waals surface area contributed by atoms with Crippen LogP contribution in [0.15, 0.2) is 36.5 Å². The third kappa shape index (κ3) is 16.6. The van der Waals surface area contributed by atoms with Crippen LogP contribution < -0.4 is 0 Å².